The van der Waals surface area contributed by atoms with Gasteiger partial charge in [-0.05, 0) is 25.0 Å². The number of urea groups is 1. The molecule has 7 nitrogen and oxygen atoms in total. The third kappa shape index (κ3) is 3.20. The van der Waals surface area contributed by atoms with E-state index in [0.29, 0.717) is 23.5 Å². The molecular formula is C19H20N4O3. The lowest BCUT2D eigenvalue weighted by molar-refractivity contribution is -0.117. The van der Waals surface area contributed by atoms with Gasteiger partial charge in [-0.1, -0.05) is 31.5 Å². The van der Waals surface area contributed by atoms with Crippen molar-refractivity contribution in [2.24, 2.45) is 0 Å². The molecular weight excluding hydrogens is 332 g/mol. The number of hydrogen-bond donors (Lipinski definition) is 1. The van der Waals surface area contributed by atoms with Crippen molar-refractivity contribution >= 4 is 23.4 Å². The number of Topliss-reactive ketones (excluding diaryl/α,β-unsaturated/α-hetero) is 1. The summed E-state index contributed by atoms with van der Waals surface area (Å²) in [6.07, 6.45) is 4.58. The zero-order valence-corrected chi connectivity index (χ0v) is 14.7. The van der Waals surface area contributed by atoms with Gasteiger partial charge in [0.1, 0.15) is 11.6 Å². The summed E-state index contributed by atoms with van der Waals surface area (Å²) >= 11 is 0. The maximum atomic E-state index is 12.9. The van der Waals surface area contributed by atoms with Gasteiger partial charge in [-0.25, -0.2) is 14.7 Å². The lowest BCUT2D eigenvalue weighted by Crippen LogP contribution is -2.44. The first-order valence-corrected chi connectivity index (χ1v) is 8.58. The molecule has 0 saturated heterocycles. The number of aryl methyl sites for hydroxylation is 1. The summed E-state index contributed by atoms with van der Waals surface area (Å²) in [6.45, 7) is 4.25. The number of amides is 3. The summed E-state index contributed by atoms with van der Waals surface area (Å²) in [5.74, 6) is -2.11. The van der Waals surface area contributed by atoms with Crippen LogP contribution < -0.4 is 10.2 Å². The molecule has 3 rings (SSSR count). The van der Waals surface area contributed by atoms with Crippen LogP contribution in [0, 0.1) is 6.92 Å². The van der Waals surface area contributed by atoms with Crippen LogP contribution in [0.15, 0.2) is 36.7 Å². The molecule has 1 aromatic carbocycles. The number of anilines is 1. The third-order valence-corrected chi connectivity index (χ3v) is 4.26. The van der Waals surface area contributed by atoms with E-state index in [1.807, 2.05) is 6.92 Å². The highest BCUT2D eigenvalue weighted by atomic mass is 16.2. The van der Waals surface area contributed by atoms with Crippen molar-refractivity contribution in [3.8, 4) is 0 Å². The summed E-state index contributed by atoms with van der Waals surface area (Å²) in [6, 6.07) is 6.32. The minimum Gasteiger partial charge on any atom is -0.337 e. The number of nitrogens with zero attached hydrogens (tertiary/aromatic N) is 3. The lowest BCUT2D eigenvalue weighted by atomic mass is 9.94. The van der Waals surface area contributed by atoms with E-state index in [4.69, 9.17) is 0 Å². The number of carbonyl (C=O) groups excluding carboxylic acids is 3. The average Bonchev–Trinajstić information content (AvgIpc) is 2.93. The monoisotopic (exact) mass is 352 g/mol. The van der Waals surface area contributed by atoms with Crippen molar-refractivity contribution in [2.45, 2.75) is 32.6 Å². The lowest BCUT2D eigenvalue weighted by Gasteiger charge is -2.16. The number of benzene rings is 1. The van der Waals surface area contributed by atoms with Crippen LogP contribution in [0.5, 0.6) is 0 Å². The molecule has 26 heavy (non-hydrogen) atoms. The molecule has 1 aliphatic rings. The van der Waals surface area contributed by atoms with E-state index >= 15 is 0 Å². The van der Waals surface area contributed by atoms with E-state index in [1.54, 1.807) is 31.2 Å². The molecule has 134 valence electrons. The number of carbonyl (C=O) groups is 3. The first kappa shape index (κ1) is 17.7. The molecule has 0 spiro atoms. The van der Waals surface area contributed by atoms with E-state index in [0.717, 1.165) is 17.7 Å². The Morgan fingerprint density at radius 3 is 2.65 bits per heavy atom. The number of para-hydroxylation sites is 1. The highest BCUT2D eigenvalue weighted by Gasteiger charge is 2.45. The normalized spacial score (nSPS) is 15.7. The zero-order valence-electron chi connectivity index (χ0n) is 14.7. The van der Waals surface area contributed by atoms with Gasteiger partial charge in [-0.3, -0.25) is 14.6 Å². The highest BCUT2D eigenvalue weighted by molar-refractivity contribution is 6.29. The Labute approximate surface area is 151 Å². The van der Waals surface area contributed by atoms with Crippen LogP contribution in [0.25, 0.3) is 0 Å². The summed E-state index contributed by atoms with van der Waals surface area (Å²) in [5.41, 5.74) is 1.73. The fraction of sp³-hybridized carbons (Fsp3) is 0.316. The van der Waals surface area contributed by atoms with Gasteiger partial charge >= 0.3 is 6.03 Å². The van der Waals surface area contributed by atoms with Gasteiger partial charge in [0.05, 0.1) is 17.6 Å². The standard InChI is InChI=1S/C19H20N4O3/c1-3-4-9-20-19(26)23-15-8-6-5-7-13(15)16(18(23)25)17(24)14-11-21-12(2)10-22-14/h5-8,10-11,16H,3-4,9H2,1-2H3,(H,20,26). The molecule has 1 aliphatic heterocycles. The Morgan fingerprint density at radius 1 is 1.19 bits per heavy atom. The molecule has 1 unspecified atom stereocenters. The van der Waals surface area contributed by atoms with Crippen LogP contribution in [0.3, 0.4) is 0 Å². The van der Waals surface area contributed by atoms with E-state index in [-0.39, 0.29) is 5.69 Å². The number of ketones is 1. The second kappa shape index (κ2) is 7.43. The van der Waals surface area contributed by atoms with Gasteiger partial charge in [0.25, 0.3) is 5.91 Å². The van der Waals surface area contributed by atoms with Gasteiger partial charge in [-0.2, -0.15) is 0 Å². The average molecular weight is 352 g/mol. The smallest absolute Gasteiger partial charge is 0.328 e. The number of hydrogen-bond acceptors (Lipinski definition) is 5. The van der Waals surface area contributed by atoms with Crippen molar-refractivity contribution in [1.82, 2.24) is 15.3 Å². The van der Waals surface area contributed by atoms with Crippen LogP contribution in [0.4, 0.5) is 10.5 Å². The minimum absolute atomic E-state index is 0.108. The molecule has 1 N–H and O–H groups in total. The van der Waals surface area contributed by atoms with Crippen molar-refractivity contribution in [2.75, 3.05) is 11.4 Å². The van der Waals surface area contributed by atoms with E-state index in [2.05, 4.69) is 15.3 Å². The first-order chi connectivity index (χ1) is 12.5. The van der Waals surface area contributed by atoms with Crippen LogP contribution in [-0.2, 0) is 4.79 Å². The molecule has 0 saturated carbocycles. The topological polar surface area (TPSA) is 92.3 Å². The maximum Gasteiger partial charge on any atom is 0.328 e. The van der Waals surface area contributed by atoms with Crippen molar-refractivity contribution < 1.29 is 14.4 Å². The van der Waals surface area contributed by atoms with E-state index in [1.165, 1.54) is 12.4 Å². The molecule has 0 aliphatic carbocycles. The molecule has 2 heterocycles. The molecule has 0 fully saturated rings. The number of rotatable bonds is 5. The van der Waals surface area contributed by atoms with Crippen molar-refractivity contribution in [3.63, 3.8) is 0 Å². The van der Waals surface area contributed by atoms with Crippen LogP contribution in [-0.4, -0.2) is 34.2 Å². The minimum atomic E-state index is -1.08. The summed E-state index contributed by atoms with van der Waals surface area (Å²) in [4.78, 5) is 47.5. The SMILES string of the molecule is CCCCNC(=O)N1C(=O)C(C(=O)c2cnc(C)cn2)c2ccccc21. The fourth-order valence-corrected chi connectivity index (χ4v) is 2.90. The number of imide groups is 1. The van der Waals surface area contributed by atoms with Crippen molar-refractivity contribution in [1.29, 1.82) is 0 Å². The Balaban J connectivity index is 1.92. The Bertz CT molecular complexity index is 848. The Kier molecular flexibility index (Phi) is 5.06. The molecule has 1 atom stereocenters. The number of unbranched alkanes of at least 4 members (excludes halogenated alkanes) is 1. The maximum absolute atomic E-state index is 12.9. The highest BCUT2D eigenvalue weighted by Crippen LogP contribution is 2.38. The molecule has 0 bridgehead atoms. The van der Waals surface area contributed by atoms with E-state index in [9.17, 15) is 14.4 Å². The summed E-state index contributed by atoms with van der Waals surface area (Å²) in [7, 11) is 0. The van der Waals surface area contributed by atoms with Crippen LogP contribution in [0.1, 0.15) is 47.4 Å². The third-order valence-electron chi connectivity index (χ3n) is 4.26. The molecule has 7 heteroatoms. The van der Waals surface area contributed by atoms with Gasteiger partial charge < -0.3 is 5.32 Å². The van der Waals surface area contributed by atoms with Gasteiger partial charge in [-0.15, -0.1) is 0 Å². The first-order valence-electron chi connectivity index (χ1n) is 8.58. The Morgan fingerprint density at radius 2 is 1.96 bits per heavy atom. The van der Waals surface area contributed by atoms with Gasteiger partial charge in [0.2, 0.25) is 0 Å². The second-order valence-electron chi connectivity index (χ2n) is 6.16. The molecule has 3 amide bonds. The molecule has 1 aromatic heterocycles. The molecule has 2 aromatic rings. The Hall–Kier alpha value is -3.09. The van der Waals surface area contributed by atoms with Crippen LogP contribution >= 0.6 is 0 Å². The summed E-state index contributed by atoms with van der Waals surface area (Å²) in [5, 5.41) is 2.73. The predicted molar refractivity (Wildman–Crippen MR) is 96.1 cm³/mol. The van der Waals surface area contributed by atoms with Gasteiger partial charge in [0, 0.05) is 12.7 Å². The predicted octanol–water partition coefficient (Wildman–Crippen LogP) is 2.61. The zero-order chi connectivity index (χ0) is 18.7. The summed E-state index contributed by atoms with van der Waals surface area (Å²) < 4.78 is 0. The molecule has 0 radical (unpaired) electrons. The van der Waals surface area contributed by atoms with Crippen LogP contribution in [0.2, 0.25) is 0 Å². The van der Waals surface area contributed by atoms with E-state index < -0.39 is 23.6 Å². The number of fused-ring (bicyclic) bond motifs is 1. The quantitative estimate of drug-likeness (QED) is 0.507. The second-order valence-corrected chi connectivity index (χ2v) is 6.16. The fourth-order valence-electron chi connectivity index (χ4n) is 2.90. The number of aromatic nitrogens is 2. The van der Waals surface area contributed by atoms with Gasteiger partial charge in [0.15, 0.2) is 5.78 Å². The largest absolute Gasteiger partial charge is 0.337 e. The van der Waals surface area contributed by atoms with Crippen molar-refractivity contribution in [3.05, 3.63) is 53.6 Å². The number of nitrogens with one attached hydrogen (secondary N) is 1.